The summed E-state index contributed by atoms with van der Waals surface area (Å²) in [6.07, 6.45) is -0.140. The highest BCUT2D eigenvalue weighted by atomic mass is 16.6. The Balaban J connectivity index is 1.63. The van der Waals surface area contributed by atoms with Crippen molar-refractivity contribution in [3.05, 3.63) is 53.7 Å². The summed E-state index contributed by atoms with van der Waals surface area (Å²) in [7, 11) is 0. The third-order valence-corrected chi connectivity index (χ3v) is 4.32. The molecule has 3 rings (SSSR count). The van der Waals surface area contributed by atoms with Gasteiger partial charge >= 0.3 is 6.09 Å². The van der Waals surface area contributed by atoms with Crippen LogP contribution >= 0.6 is 0 Å². The Morgan fingerprint density at radius 2 is 1.89 bits per heavy atom. The molecule has 1 atom stereocenters. The molecule has 0 unspecified atom stereocenters. The summed E-state index contributed by atoms with van der Waals surface area (Å²) in [5.41, 5.74) is 0.986. The highest BCUT2D eigenvalue weighted by Gasteiger charge is 2.34. The van der Waals surface area contributed by atoms with E-state index < -0.39 is 17.6 Å². The van der Waals surface area contributed by atoms with Crippen molar-refractivity contribution in [2.24, 2.45) is 0 Å². The lowest BCUT2D eigenvalue weighted by Gasteiger charge is -2.33. The number of ketones is 1. The molecule has 1 aliphatic heterocycles. The Morgan fingerprint density at radius 3 is 2.54 bits per heavy atom. The van der Waals surface area contributed by atoms with Gasteiger partial charge in [0.25, 0.3) is 0 Å². The fourth-order valence-corrected chi connectivity index (χ4v) is 2.91. The largest absolute Gasteiger partial charge is 0.472 e. The highest BCUT2D eigenvalue weighted by Crippen LogP contribution is 2.24. The van der Waals surface area contributed by atoms with E-state index in [1.807, 2.05) is 51.1 Å². The summed E-state index contributed by atoms with van der Waals surface area (Å²) in [6.45, 7) is 6.44. The van der Waals surface area contributed by atoms with Crippen LogP contribution in [-0.4, -0.2) is 45.7 Å². The summed E-state index contributed by atoms with van der Waals surface area (Å²) in [4.78, 5) is 26.2. The highest BCUT2D eigenvalue weighted by molar-refractivity contribution is 5.87. The van der Waals surface area contributed by atoms with E-state index in [1.54, 1.807) is 17.0 Å². The number of hydrogen-bond acceptors (Lipinski definition) is 6. The molecule has 7 nitrogen and oxygen atoms in total. The molecule has 1 amide bonds. The van der Waals surface area contributed by atoms with Crippen molar-refractivity contribution in [1.29, 1.82) is 0 Å². The van der Waals surface area contributed by atoms with Gasteiger partial charge in [0, 0.05) is 25.6 Å². The molecule has 148 valence electrons. The van der Waals surface area contributed by atoms with Gasteiger partial charge in [-0.05, 0) is 32.4 Å². The zero-order valence-corrected chi connectivity index (χ0v) is 16.4. The van der Waals surface area contributed by atoms with Crippen molar-refractivity contribution >= 4 is 11.9 Å². The van der Waals surface area contributed by atoms with Gasteiger partial charge < -0.3 is 14.4 Å². The minimum atomic E-state index is -0.578. The average molecular weight is 383 g/mol. The number of aromatic nitrogens is 2. The van der Waals surface area contributed by atoms with Crippen LogP contribution in [0.2, 0.25) is 0 Å². The number of amides is 1. The van der Waals surface area contributed by atoms with Gasteiger partial charge in [0.2, 0.25) is 5.88 Å². The van der Waals surface area contributed by atoms with Crippen LogP contribution in [0.5, 0.6) is 5.88 Å². The molecule has 0 spiro atoms. The zero-order valence-electron chi connectivity index (χ0n) is 16.4. The van der Waals surface area contributed by atoms with Gasteiger partial charge in [0.1, 0.15) is 18.0 Å². The number of hydrogen-bond donors (Lipinski definition) is 0. The molecule has 1 saturated heterocycles. The van der Waals surface area contributed by atoms with Crippen molar-refractivity contribution in [2.45, 2.75) is 45.3 Å². The SMILES string of the molecule is CC(C)(C)OC(=O)N1CCC(=O)[C@H](c2ccc(OCc3ccccc3)nn2)C1. The topological polar surface area (TPSA) is 81.6 Å². The van der Waals surface area contributed by atoms with Crippen molar-refractivity contribution in [3.8, 4) is 5.88 Å². The van der Waals surface area contributed by atoms with Crippen molar-refractivity contribution < 1.29 is 19.1 Å². The quantitative estimate of drug-likeness (QED) is 0.805. The van der Waals surface area contributed by atoms with Crippen LogP contribution in [0.3, 0.4) is 0 Å². The van der Waals surface area contributed by atoms with E-state index in [1.165, 1.54) is 0 Å². The van der Waals surface area contributed by atoms with Gasteiger partial charge in [-0.15, -0.1) is 5.10 Å². The lowest BCUT2D eigenvalue weighted by molar-refractivity contribution is -0.123. The van der Waals surface area contributed by atoms with Crippen LogP contribution in [0.4, 0.5) is 4.79 Å². The number of benzene rings is 1. The van der Waals surface area contributed by atoms with E-state index in [0.717, 1.165) is 5.56 Å². The van der Waals surface area contributed by atoms with Crippen molar-refractivity contribution in [1.82, 2.24) is 15.1 Å². The van der Waals surface area contributed by atoms with Crippen molar-refractivity contribution in [3.63, 3.8) is 0 Å². The van der Waals surface area contributed by atoms with Gasteiger partial charge in [-0.25, -0.2) is 4.79 Å². The molecular weight excluding hydrogens is 358 g/mol. The van der Waals surface area contributed by atoms with Crippen molar-refractivity contribution in [2.75, 3.05) is 13.1 Å². The number of piperidine rings is 1. The van der Waals surface area contributed by atoms with Crippen LogP contribution in [0, 0.1) is 0 Å². The van der Waals surface area contributed by atoms with E-state index in [2.05, 4.69) is 10.2 Å². The monoisotopic (exact) mass is 383 g/mol. The van der Waals surface area contributed by atoms with E-state index >= 15 is 0 Å². The first-order chi connectivity index (χ1) is 13.3. The Labute approximate surface area is 164 Å². The van der Waals surface area contributed by atoms with E-state index in [9.17, 15) is 9.59 Å². The molecule has 1 aliphatic rings. The predicted octanol–water partition coefficient (Wildman–Crippen LogP) is 3.35. The minimum Gasteiger partial charge on any atom is -0.472 e. The Kier molecular flexibility index (Phi) is 5.92. The average Bonchev–Trinajstić information content (AvgIpc) is 2.67. The molecule has 1 fully saturated rings. The molecule has 0 N–H and O–H groups in total. The van der Waals surface area contributed by atoms with Crippen LogP contribution in [0.25, 0.3) is 0 Å². The Hall–Kier alpha value is -2.96. The molecule has 0 radical (unpaired) electrons. The molecule has 7 heteroatoms. The summed E-state index contributed by atoms with van der Waals surface area (Å²) >= 11 is 0. The summed E-state index contributed by atoms with van der Waals surface area (Å²) in [6, 6.07) is 13.2. The molecular formula is C21H25N3O4. The maximum absolute atomic E-state index is 12.4. The third kappa shape index (κ3) is 5.28. The molecule has 2 heterocycles. The first-order valence-corrected chi connectivity index (χ1v) is 9.33. The van der Waals surface area contributed by atoms with E-state index in [-0.39, 0.29) is 18.7 Å². The van der Waals surface area contributed by atoms with Gasteiger partial charge in [-0.1, -0.05) is 30.3 Å². The van der Waals surface area contributed by atoms with E-state index in [0.29, 0.717) is 24.7 Å². The maximum Gasteiger partial charge on any atom is 0.410 e. The molecule has 0 bridgehead atoms. The Morgan fingerprint density at radius 1 is 1.14 bits per heavy atom. The maximum atomic E-state index is 12.4. The number of nitrogens with zero attached hydrogens (tertiary/aromatic N) is 3. The zero-order chi connectivity index (χ0) is 20.1. The number of carbonyl (C=O) groups is 2. The summed E-state index contributed by atoms with van der Waals surface area (Å²) in [5, 5.41) is 8.23. The van der Waals surface area contributed by atoms with Crippen LogP contribution < -0.4 is 4.74 Å². The molecule has 28 heavy (non-hydrogen) atoms. The number of ether oxygens (including phenoxy) is 2. The number of Topliss-reactive ketones (excluding diaryl/α,β-unsaturated/α-hetero) is 1. The van der Waals surface area contributed by atoms with Crippen LogP contribution in [0.15, 0.2) is 42.5 Å². The normalized spacial score (nSPS) is 17.3. The predicted molar refractivity (Wildman–Crippen MR) is 103 cm³/mol. The second-order valence-electron chi connectivity index (χ2n) is 7.77. The summed E-state index contributed by atoms with van der Waals surface area (Å²) in [5.74, 6) is -0.0659. The lowest BCUT2D eigenvalue weighted by atomic mass is 9.93. The number of likely N-dealkylation sites (tertiary alicyclic amines) is 1. The fraction of sp³-hybridized carbons (Fsp3) is 0.429. The first-order valence-electron chi connectivity index (χ1n) is 9.33. The van der Waals surface area contributed by atoms with E-state index in [4.69, 9.17) is 9.47 Å². The van der Waals surface area contributed by atoms with Gasteiger partial charge in [0.15, 0.2) is 0 Å². The van der Waals surface area contributed by atoms with Crippen LogP contribution in [-0.2, 0) is 16.1 Å². The smallest absolute Gasteiger partial charge is 0.410 e. The first kappa shape index (κ1) is 19.8. The lowest BCUT2D eigenvalue weighted by Crippen LogP contribution is -2.45. The second-order valence-corrected chi connectivity index (χ2v) is 7.77. The third-order valence-electron chi connectivity index (χ3n) is 4.32. The van der Waals surface area contributed by atoms with Gasteiger partial charge in [-0.2, -0.15) is 5.10 Å². The van der Waals surface area contributed by atoms with Gasteiger partial charge in [0.05, 0.1) is 11.6 Å². The molecule has 1 aromatic heterocycles. The Bertz CT molecular complexity index is 816. The molecule has 0 saturated carbocycles. The molecule has 2 aromatic rings. The molecule has 1 aromatic carbocycles. The number of carbonyl (C=O) groups excluding carboxylic acids is 2. The minimum absolute atomic E-state index is 0.0482. The van der Waals surface area contributed by atoms with Crippen LogP contribution in [0.1, 0.15) is 44.4 Å². The fourth-order valence-electron chi connectivity index (χ4n) is 2.91. The second kappa shape index (κ2) is 8.37. The van der Waals surface area contributed by atoms with Gasteiger partial charge in [-0.3, -0.25) is 4.79 Å². The number of rotatable bonds is 4. The summed E-state index contributed by atoms with van der Waals surface area (Å²) < 4.78 is 11.0. The molecule has 0 aliphatic carbocycles. The standard InChI is InChI=1S/C21H25N3O4/c1-21(2,3)28-20(26)24-12-11-18(25)16(13-24)17-9-10-19(23-22-17)27-14-15-7-5-4-6-8-15/h4-10,16H,11-14H2,1-3H3/t16-/m0/s1.